The summed E-state index contributed by atoms with van der Waals surface area (Å²) in [6.07, 6.45) is 1.65. The normalized spacial score (nSPS) is 12.2. The van der Waals surface area contributed by atoms with Crippen LogP contribution in [0.1, 0.15) is 35.5 Å². The SMILES string of the molecule is COc1ccc(-n2c(C)cc(/C=C(\C#N)C(=O)N[C@@H](C)c3ccccc3)c2C)cc1. The van der Waals surface area contributed by atoms with E-state index in [1.807, 2.05) is 87.5 Å². The Balaban J connectivity index is 1.87. The number of carbonyl (C=O) groups is 1. The van der Waals surface area contributed by atoms with Gasteiger partial charge in [-0.2, -0.15) is 5.26 Å². The third kappa shape index (κ3) is 4.44. The number of hydrogen-bond donors (Lipinski definition) is 1. The number of aromatic nitrogens is 1. The predicted octanol–water partition coefficient (Wildman–Crippen LogP) is 4.89. The summed E-state index contributed by atoms with van der Waals surface area (Å²) < 4.78 is 7.32. The number of nitrogens with one attached hydrogen (secondary N) is 1. The van der Waals surface area contributed by atoms with E-state index in [2.05, 4.69) is 9.88 Å². The first-order valence-electron chi connectivity index (χ1n) is 9.75. The van der Waals surface area contributed by atoms with Crippen molar-refractivity contribution in [3.8, 4) is 17.5 Å². The molecule has 5 nitrogen and oxygen atoms in total. The molecule has 3 rings (SSSR count). The van der Waals surface area contributed by atoms with Crippen molar-refractivity contribution >= 4 is 12.0 Å². The number of nitrogens with zero attached hydrogens (tertiary/aromatic N) is 2. The highest BCUT2D eigenvalue weighted by Gasteiger charge is 2.16. The molecule has 0 radical (unpaired) electrons. The van der Waals surface area contributed by atoms with E-state index in [1.165, 1.54) is 0 Å². The highest BCUT2D eigenvalue weighted by molar-refractivity contribution is 6.02. The average Bonchev–Trinajstić information content (AvgIpc) is 3.05. The van der Waals surface area contributed by atoms with Crippen LogP contribution >= 0.6 is 0 Å². The van der Waals surface area contributed by atoms with Crippen LogP contribution in [-0.4, -0.2) is 17.6 Å². The zero-order chi connectivity index (χ0) is 21.7. The van der Waals surface area contributed by atoms with E-state index in [9.17, 15) is 10.1 Å². The van der Waals surface area contributed by atoms with Crippen LogP contribution in [0, 0.1) is 25.2 Å². The van der Waals surface area contributed by atoms with Gasteiger partial charge in [-0.1, -0.05) is 30.3 Å². The molecule has 2 aromatic carbocycles. The Hall–Kier alpha value is -3.78. The number of rotatable bonds is 6. The van der Waals surface area contributed by atoms with Crippen LogP contribution in [0.25, 0.3) is 11.8 Å². The summed E-state index contributed by atoms with van der Waals surface area (Å²) in [5.74, 6) is 0.403. The molecule has 152 valence electrons. The van der Waals surface area contributed by atoms with Crippen LogP contribution in [0.2, 0.25) is 0 Å². The van der Waals surface area contributed by atoms with Gasteiger partial charge in [0.05, 0.1) is 13.2 Å². The third-order valence-corrected chi connectivity index (χ3v) is 5.11. The third-order valence-electron chi connectivity index (χ3n) is 5.11. The van der Waals surface area contributed by atoms with Crippen molar-refractivity contribution in [3.63, 3.8) is 0 Å². The lowest BCUT2D eigenvalue weighted by molar-refractivity contribution is -0.117. The number of methoxy groups -OCH3 is 1. The van der Waals surface area contributed by atoms with Gasteiger partial charge in [-0.25, -0.2) is 0 Å². The highest BCUT2D eigenvalue weighted by atomic mass is 16.5. The summed E-state index contributed by atoms with van der Waals surface area (Å²) in [5, 5.41) is 12.5. The molecule has 0 aliphatic heterocycles. The van der Waals surface area contributed by atoms with E-state index in [1.54, 1.807) is 13.2 Å². The van der Waals surface area contributed by atoms with Gasteiger partial charge in [0, 0.05) is 17.1 Å². The number of amides is 1. The molecule has 0 bridgehead atoms. The molecule has 0 fully saturated rings. The Kier molecular flexibility index (Phi) is 6.38. The first kappa shape index (κ1) is 20.9. The monoisotopic (exact) mass is 399 g/mol. The van der Waals surface area contributed by atoms with Gasteiger partial charge in [0.1, 0.15) is 17.4 Å². The van der Waals surface area contributed by atoms with Crippen molar-refractivity contribution < 1.29 is 9.53 Å². The van der Waals surface area contributed by atoms with Gasteiger partial charge in [0.25, 0.3) is 5.91 Å². The number of aryl methyl sites for hydroxylation is 1. The number of ether oxygens (including phenoxy) is 1. The zero-order valence-corrected chi connectivity index (χ0v) is 17.6. The Morgan fingerprint density at radius 1 is 1.13 bits per heavy atom. The fraction of sp³-hybridized carbons (Fsp3) is 0.200. The Morgan fingerprint density at radius 3 is 2.40 bits per heavy atom. The van der Waals surface area contributed by atoms with E-state index in [4.69, 9.17) is 4.74 Å². The van der Waals surface area contributed by atoms with Gasteiger partial charge in [0.2, 0.25) is 0 Å². The summed E-state index contributed by atoms with van der Waals surface area (Å²) in [6.45, 7) is 5.87. The highest BCUT2D eigenvalue weighted by Crippen LogP contribution is 2.24. The van der Waals surface area contributed by atoms with Crippen molar-refractivity contribution in [2.24, 2.45) is 0 Å². The molecule has 0 aliphatic rings. The summed E-state index contributed by atoms with van der Waals surface area (Å²) in [5.41, 5.74) is 4.86. The quantitative estimate of drug-likeness (QED) is 0.474. The van der Waals surface area contributed by atoms with Crippen LogP contribution < -0.4 is 10.1 Å². The van der Waals surface area contributed by atoms with Gasteiger partial charge >= 0.3 is 0 Å². The Bertz CT molecular complexity index is 1100. The molecule has 0 saturated carbocycles. The van der Waals surface area contributed by atoms with Crippen molar-refractivity contribution in [1.82, 2.24) is 9.88 Å². The molecule has 3 aromatic rings. The number of nitriles is 1. The minimum atomic E-state index is -0.386. The van der Waals surface area contributed by atoms with E-state index in [0.29, 0.717) is 0 Å². The van der Waals surface area contributed by atoms with Gasteiger partial charge < -0.3 is 14.6 Å². The molecule has 0 spiro atoms. The van der Waals surface area contributed by atoms with Crippen LogP contribution in [-0.2, 0) is 4.79 Å². The Morgan fingerprint density at radius 2 is 1.80 bits per heavy atom. The molecule has 0 unspecified atom stereocenters. The maximum absolute atomic E-state index is 12.7. The standard InChI is InChI=1S/C25H25N3O2/c1-17-14-21(19(3)28(17)23-10-12-24(30-4)13-11-23)15-22(16-26)25(29)27-18(2)20-8-6-5-7-9-20/h5-15,18H,1-4H3,(H,27,29)/b22-15+/t18-/m0/s1. The van der Waals surface area contributed by atoms with Gasteiger partial charge in [0.15, 0.2) is 0 Å². The lowest BCUT2D eigenvalue weighted by atomic mass is 10.1. The first-order chi connectivity index (χ1) is 14.4. The molecule has 1 heterocycles. The van der Waals surface area contributed by atoms with Crippen LogP contribution in [0.4, 0.5) is 0 Å². The van der Waals surface area contributed by atoms with Gasteiger partial charge in [-0.3, -0.25) is 4.79 Å². The molecule has 1 atom stereocenters. The lowest BCUT2D eigenvalue weighted by Crippen LogP contribution is -2.27. The molecule has 1 aromatic heterocycles. The van der Waals surface area contributed by atoms with E-state index in [0.717, 1.165) is 34.0 Å². The van der Waals surface area contributed by atoms with E-state index >= 15 is 0 Å². The number of carbonyl (C=O) groups excluding carboxylic acids is 1. The van der Waals surface area contributed by atoms with Gasteiger partial charge in [-0.15, -0.1) is 0 Å². The smallest absolute Gasteiger partial charge is 0.262 e. The largest absolute Gasteiger partial charge is 0.497 e. The number of benzene rings is 2. The molecule has 1 amide bonds. The van der Waals surface area contributed by atoms with E-state index in [-0.39, 0.29) is 17.5 Å². The molecular weight excluding hydrogens is 374 g/mol. The van der Waals surface area contributed by atoms with Crippen LogP contribution in [0.3, 0.4) is 0 Å². The first-order valence-corrected chi connectivity index (χ1v) is 9.75. The minimum absolute atomic E-state index is 0.0766. The second-order valence-electron chi connectivity index (χ2n) is 7.14. The minimum Gasteiger partial charge on any atom is -0.497 e. The summed E-state index contributed by atoms with van der Waals surface area (Å²) in [4.78, 5) is 12.7. The summed E-state index contributed by atoms with van der Waals surface area (Å²) in [6, 6.07) is 21.3. The maximum Gasteiger partial charge on any atom is 0.262 e. The van der Waals surface area contributed by atoms with Crippen molar-refractivity contribution in [3.05, 3.63) is 88.8 Å². The molecule has 0 aliphatic carbocycles. The number of hydrogen-bond acceptors (Lipinski definition) is 3. The van der Waals surface area contributed by atoms with Crippen LogP contribution in [0.5, 0.6) is 5.75 Å². The summed E-state index contributed by atoms with van der Waals surface area (Å²) in [7, 11) is 1.64. The second-order valence-corrected chi connectivity index (χ2v) is 7.14. The average molecular weight is 399 g/mol. The summed E-state index contributed by atoms with van der Waals surface area (Å²) >= 11 is 0. The molecule has 5 heteroatoms. The lowest BCUT2D eigenvalue weighted by Gasteiger charge is -2.13. The molecule has 0 saturated heterocycles. The van der Waals surface area contributed by atoms with Crippen molar-refractivity contribution in [2.75, 3.05) is 7.11 Å². The second kappa shape index (κ2) is 9.15. The molecule has 30 heavy (non-hydrogen) atoms. The van der Waals surface area contributed by atoms with Crippen LogP contribution in [0.15, 0.2) is 66.2 Å². The molecular formula is C25H25N3O2. The Labute approximate surface area is 177 Å². The predicted molar refractivity (Wildman–Crippen MR) is 118 cm³/mol. The fourth-order valence-electron chi connectivity index (χ4n) is 3.47. The topological polar surface area (TPSA) is 67.0 Å². The maximum atomic E-state index is 12.7. The van der Waals surface area contributed by atoms with Gasteiger partial charge in [-0.05, 0) is 68.3 Å². The van der Waals surface area contributed by atoms with Crippen molar-refractivity contribution in [2.45, 2.75) is 26.8 Å². The zero-order valence-electron chi connectivity index (χ0n) is 17.6. The molecule has 1 N–H and O–H groups in total. The van der Waals surface area contributed by atoms with Crippen molar-refractivity contribution in [1.29, 1.82) is 5.26 Å². The fourth-order valence-corrected chi connectivity index (χ4v) is 3.47. The van der Waals surface area contributed by atoms with E-state index < -0.39 is 0 Å².